The molecule has 204 valence electrons. The van der Waals surface area contributed by atoms with E-state index in [0.29, 0.717) is 22.8 Å². The van der Waals surface area contributed by atoms with Crippen molar-refractivity contribution in [1.29, 1.82) is 5.26 Å². The molecule has 41 heavy (non-hydrogen) atoms. The minimum Gasteiger partial charge on any atom is -0.438 e. The van der Waals surface area contributed by atoms with E-state index in [2.05, 4.69) is 10.3 Å². The van der Waals surface area contributed by atoms with Crippen LogP contribution in [0.1, 0.15) is 22.4 Å². The highest BCUT2D eigenvalue weighted by Crippen LogP contribution is 2.26. The smallest absolute Gasteiger partial charge is 0.295 e. The molecule has 0 saturated carbocycles. The summed E-state index contributed by atoms with van der Waals surface area (Å²) in [6, 6.07) is 21.4. The maximum Gasteiger partial charge on any atom is 0.295 e. The minimum absolute atomic E-state index is 0.0163. The Bertz CT molecular complexity index is 1990. The van der Waals surface area contributed by atoms with Gasteiger partial charge in [0, 0.05) is 13.2 Å². The number of rotatable bonds is 6. The number of aromatic nitrogens is 4. The number of hydrogen-bond donors (Lipinski definition) is 1. The van der Waals surface area contributed by atoms with Gasteiger partial charge in [-0.25, -0.2) is 4.68 Å². The van der Waals surface area contributed by atoms with Crippen LogP contribution in [0.25, 0.3) is 17.4 Å². The number of nitrogens with one attached hydrogen (secondary N) is 1. The van der Waals surface area contributed by atoms with Gasteiger partial charge in [0.2, 0.25) is 5.88 Å². The first-order valence-corrected chi connectivity index (χ1v) is 12.7. The number of ether oxygens (including phenoxy) is 1. The highest BCUT2D eigenvalue weighted by atomic mass is 16.5. The van der Waals surface area contributed by atoms with Gasteiger partial charge in [-0.1, -0.05) is 30.3 Å². The normalized spacial score (nSPS) is 11.3. The molecule has 1 N–H and O–H groups in total. The number of anilines is 1. The van der Waals surface area contributed by atoms with E-state index >= 15 is 0 Å². The monoisotopic (exact) mass is 546 g/mol. The van der Waals surface area contributed by atoms with Gasteiger partial charge in [0.1, 0.15) is 34.3 Å². The Kier molecular flexibility index (Phi) is 7.10. The number of aryl methyl sites for hydroxylation is 2. The number of pyridine rings is 1. The fraction of sp³-hybridized carbons (Fsp3) is 0.129. The predicted molar refractivity (Wildman–Crippen MR) is 155 cm³/mol. The molecule has 0 unspecified atom stereocenters. The quantitative estimate of drug-likeness (QED) is 0.248. The maximum absolute atomic E-state index is 13.5. The summed E-state index contributed by atoms with van der Waals surface area (Å²) < 4.78 is 10.4. The van der Waals surface area contributed by atoms with E-state index in [0.717, 1.165) is 17.2 Å². The van der Waals surface area contributed by atoms with Crippen LogP contribution in [-0.2, 0) is 11.8 Å². The van der Waals surface area contributed by atoms with Gasteiger partial charge in [0.15, 0.2) is 0 Å². The molecule has 0 aliphatic carbocycles. The number of carbonyl (C=O) groups excluding carboxylic acids is 1. The van der Waals surface area contributed by atoms with Crippen molar-refractivity contribution in [2.24, 2.45) is 7.05 Å². The molecule has 1 amide bonds. The van der Waals surface area contributed by atoms with Crippen LogP contribution in [-0.4, -0.2) is 24.7 Å². The summed E-state index contributed by atoms with van der Waals surface area (Å²) in [7, 11) is 1.69. The van der Waals surface area contributed by atoms with Gasteiger partial charge in [-0.05, 0) is 74.4 Å². The molecule has 5 rings (SSSR count). The van der Waals surface area contributed by atoms with E-state index in [1.54, 1.807) is 73.3 Å². The van der Waals surface area contributed by atoms with Crippen molar-refractivity contribution in [3.8, 4) is 23.4 Å². The van der Waals surface area contributed by atoms with E-state index < -0.39 is 22.6 Å². The zero-order valence-corrected chi connectivity index (χ0v) is 22.9. The fourth-order valence-corrected chi connectivity index (χ4v) is 4.57. The Labute approximate surface area is 235 Å². The van der Waals surface area contributed by atoms with Gasteiger partial charge in [-0.3, -0.25) is 23.5 Å². The molecule has 0 spiro atoms. The third kappa shape index (κ3) is 5.16. The number of nitrogens with zero attached hydrogens (tertiary/aromatic N) is 5. The van der Waals surface area contributed by atoms with E-state index in [1.165, 1.54) is 15.3 Å². The first-order chi connectivity index (χ1) is 19.7. The molecule has 0 aliphatic heterocycles. The third-order valence-electron chi connectivity index (χ3n) is 6.59. The Morgan fingerprint density at radius 2 is 1.66 bits per heavy atom. The lowest BCUT2D eigenvalue weighted by Gasteiger charge is -2.11. The third-order valence-corrected chi connectivity index (χ3v) is 6.59. The Morgan fingerprint density at radius 3 is 2.34 bits per heavy atom. The fourth-order valence-electron chi connectivity index (χ4n) is 4.57. The van der Waals surface area contributed by atoms with Crippen molar-refractivity contribution >= 4 is 23.3 Å². The summed E-state index contributed by atoms with van der Waals surface area (Å²) in [4.78, 5) is 44.6. The second-order valence-corrected chi connectivity index (χ2v) is 9.55. The van der Waals surface area contributed by atoms with Crippen LogP contribution in [0.2, 0.25) is 0 Å². The van der Waals surface area contributed by atoms with Crippen LogP contribution in [0, 0.1) is 32.1 Å². The predicted octanol–water partition coefficient (Wildman–Crippen LogP) is 4.45. The second kappa shape index (κ2) is 10.8. The van der Waals surface area contributed by atoms with Crippen molar-refractivity contribution in [3.63, 3.8) is 0 Å². The molecule has 0 fully saturated rings. The molecule has 3 heterocycles. The molecule has 5 aromatic rings. The molecule has 0 saturated heterocycles. The summed E-state index contributed by atoms with van der Waals surface area (Å²) in [6.45, 7) is 5.51. The largest absolute Gasteiger partial charge is 0.438 e. The van der Waals surface area contributed by atoms with Crippen molar-refractivity contribution in [3.05, 3.63) is 122 Å². The molecule has 3 aromatic heterocycles. The molecule has 0 aliphatic rings. The van der Waals surface area contributed by atoms with Crippen LogP contribution in [0.4, 0.5) is 5.69 Å². The Balaban J connectivity index is 1.58. The number of fused-ring (bicyclic) bond motifs is 1. The van der Waals surface area contributed by atoms with Gasteiger partial charge >= 0.3 is 0 Å². The van der Waals surface area contributed by atoms with Crippen LogP contribution >= 0.6 is 0 Å². The van der Waals surface area contributed by atoms with Gasteiger partial charge in [0.05, 0.1) is 11.4 Å². The number of para-hydroxylation sites is 1. The average Bonchev–Trinajstić information content (AvgIpc) is 3.15. The van der Waals surface area contributed by atoms with E-state index in [-0.39, 0.29) is 17.1 Å². The molecule has 2 aromatic carbocycles. The Hall–Kier alpha value is -5.69. The summed E-state index contributed by atoms with van der Waals surface area (Å²) >= 11 is 0. The molecular weight excluding hydrogens is 520 g/mol. The topological polar surface area (TPSA) is 123 Å². The number of amides is 1. The SMILES string of the molecule is Cc1cc(C)cc(Oc2nc3ccccn3c(=O)c2/C=C(\C#N)C(=O)Nc2c(C)n(C)n(-c3ccccc3)c2=O)c1. The minimum atomic E-state index is -0.853. The zero-order chi connectivity index (χ0) is 29.3. The highest BCUT2D eigenvalue weighted by molar-refractivity contribution is 6.10. The Morgan fingerprint density at radius 1 is 0.976 bits per heavy atom. The lowest BCUT2D eigenvalue weighted by atomic mass is 10.1. The molecule has 10 heteroatoms. The number of carbonyl (C=O) groups is 1. The number of hydrogen-bond acceptors (Lipinski definition) is 6. The molecule has 0 radical (unpaired) electrons. The summed E-state index contributed by atoms with van der Waals surface area (Å²) in [6.07, 6.45) is 2.67. The summed E-state index contributed by atoms with van der Waals surface area (Å²) in [5.41, 5.74) is 1.85. The summed E-state index contributed by atoms with van der Waals surface area (Å²) in [5, 5.41) is 12.5. The van der Waals surface area contributed by atoms with E-state index in [4.69, 9.17) is 4.74 Å². The lowest BCUT2D eigenvalue weighted by molar-refractivity contribution is -0.112. The first-order valence-electron chi connectivity index (χ1n) is 12.7. The van der Waals surface area contributed by atoms with Crippen LogP contribution < -0.4 is 21.2 Å². The molecule has 0 atom stereocenters. The van der Waals surface area contributed by atoms with Crippen molar-refractivity contribution < 1.29 is 9.53 Å². The highest BCUT2D eigenvalue weighted by Gasteiger charge is 2.22. The zero-order valence-electron chi connectivity index (χ0n) is 22.9. The van der Waals surface area contributed by atoms with Crippen LogP contribution in [0.5, 0.6) is 11.6 Å². The van der Waals surface area contributed by atoms with Gasteiger partial charge < -0.3 is 10.1 Å². The van der Waals surface area contributed by atoms with Crippen molar-refractivity contribution in [2.45, 2.75) is 20.8 Å². The molecule has 0 bridgehead atoms. The number of nitriles is 1. The van der Waals surface area contributed by atoms with Crippen LogP contribution in [0.3, 0.4) is 0 Å². The lowest BCUT2D eigenvalue weighted by Crippen LogP contribution is -2.24. The van der Waals surface area contributed by atoms with Gasteiger partial charge in [0.25, 0.3) is 17.0 Å². The second-order valence-electron chi connectivity index (χ2n) is 9.55. The van der Waals surface area contributed by atoms with E-state index in [1.807, 2.05) is 32.0 Å². The summed E-state index contributed by atoms with van der Waals surface area (Å²) in [5.74, 6) is -0.462. The van der Waals surface area contributed by atoms with Crippen LogP contribution in [0.15, 0.2) is 88.1 Å². The molecule has 10 nitrogen and oxygen atoms in total. The molecular formula is C31H26N6O4. The standard InChI is InChI=1S/C31H26N6O4/c1-19-14-20(2)16-24(15-19)41-29-25(30(39)36-13-9-8-12-26(36)33-29)17-22(18-32)28(38)34-27-21(3)35(4)37(31(27)40)23-10-6-5-7-11-23/h5-17H,1-4H3,(H,34,38)/b22-17+. The average molecular weight is 547 g/mol. The van der Waals surface area contributed by atoms with Crippen molar-refractivity contribution in [2.75, 3.05) is 5.32 Å². The van der Waals surface area contributed by atoms with Gasteiger partial charge in [-0.15, -0.1) is 0 Å². The van der Waals surface area contributed by atoms with E-state index in [9.17, 15) is 19.6 Å². The first kappa shape index (κ1) is 26.9. The van der Waals surface area contributed by atoms with Gasteiger partial charge in [-0.2, -0.15) is 10.2 Å². The number of benzene rings is 2. The maximum atomic E-state index is 13.5. The van der Waals surface area contributed by atoms with Crippen molar-refractivity contribution in [1.82, 2.24) is 18.7 Å².